The lowest BCUT2D eigenvalue weighted by Gasteiger charge is -2.25. The van der Waals surface area contributed by atoms with E-state index < -0.39 is 0 Å². The lowest BCUT2D eigenvalue weighted by atomic mass is 10.1. The molecule has 0 aliphatic carbocycles. The van der Waals surface area contributed by atoms with Crippen LogP contribution in [0.1, 0.15) is 16.7 Å². The maximum absolute atomic E-state index is 11.3. The minimum absolute atomic E-state index is 0.115. The topological polar surface area (TPSA) is 17.1 Å². The second-order valence-corrected chi connectivity index (χ2v) is 4.94. The van der Waals surface area contributed by atoms with Crippen LogP contribution in [0.3, 0.4) is 0 Å². The molecular weight excluding hydrogens is 206 g/mol. The van der Waals surface area contributed by atoms with Gasteiger partial charge in [-0.05, 0) is 32.0 Å². The van der Waals surface area contributed by atoms with E-state index in [1.807, 2.05) is 14.1 Å². The van der Waals surface area contributed by atoms with Crippen molar-refractivity contribution in [1.82, 2.24) is 0 Å². The summed E-state index contributed by atoms with van der Waals surface area (Å²) in [4.78, 5) is 11.3. The number of quaternary nitrogens is 1. The predicted molar refractivity (Wildman–Crippen MR) is 66.1 cm³/mol. The van der Waals surface area contributed by atoms with E-state index in [0.717, 1.165) is 0 Å². The van der Waals surface area contributed by atoms with E-state index in [2.05, 4.69) is 44.7 Å². The van der Waals surface area contributed by atoms with Crippen LogP contribution in [0.4, 0.5) is 4.79 Å². The van der Waals surface area contributed by atoms with Gasteiger partial charge < -0.3 is 0 Å². The Bertz CT molecular complexity index is 385. The Morgan fingerprint density at radius 2 is 1.93 bits per heavy atom. The van der Waals surface area contributed by atoms with Gasteiger partial charge in [0.15, 0.2) is 0 Å². The molecule has 0 heterocycles. The van der Waals surface area contributed by atoms with E-state index in [-0.39, 0.29) is 9.72 Å². The molecule has 0 saturated heterocycles. The highest BCUT2D eigenvalue weighted by atomic mass is 32.1. The summed E-state index contributed by atoms with van der Waals surface area (Å²) >= 11 is 3.90. The highest BCUT2D eigenvalue weighted by Crippen LogP contribution is 2.17. The molecule has 0 atom stereocenters. The number of thiol groups is 1. The van der Waals surface area contributed by atoms with Gasteiger partial charge in [-0.1, -0.05) is 23.8 Å². The summed E-state index contributed by atoms with van der Waals surface area (Å²) < 4.78 is 0.271. The third kappa shape index (κ3) is 3.08. The third-order valence-electron chi connectivity index (χ3n) is 2.59. The van der Waals surface area contributed by atoms with E-state index in [9.17, 15) is 4.79 Å². The first kappa shape index (κ1) is 12.3. The first-order valence-electron chi connectivity index (χ1n) is 4.95. The number of carbonyl (C=O) groups is 1. The van der Waals surface area contributed by atoms with Gasteiger partial charge >= 0.3 is 5.24 Å². The van der Waals surface area contributed by atoms with Crippen LogP contribution in [0.5, 0.6) is 0 Å². The van der Waals surface area contributed by atoms with Crippen LogP contribution in [0.25, 0.3) is 0 Å². The molecule has 0 radical (unpaired) electrons. The van der Waals surface area contributed by atoms with E-state index in [1.54, 1.807) is 0 Å². The first-order chi connectivity index (χ1) is 6.83. The van der Waals surface area contributed by atoms with Gasteiger partial charge in [-0.15, -0.1) is 0 Å². The van der Waals surface area contributed by atoms with Crippen LogP contribution in [0.2, 0.25) is 0 Å². The number of benzene rings is 1. The van der Waals surface area contributed by atoms with Gasteiger partial charge in [-0.25, -0.2) is 4.79 Å². The summed E-state index contributed by atoms with van der Waals surface area (Å²) in [5.41, 5.74) is 3.66. The van der Waals surface area contributed by atoms with Gasteiger partial charge in [0.25, 0.3) is 0 Å². The molecule has 82 valence electrons. The van der Waals surface area contributed by atoms with Crippen molar-refractivity contribution in [3.63, 3.8) is 0 Å². The van der Waals surface area contributed by atoms with E-state index in [4.69, 9.17) is 0 Å². The molecule has 1 rings (SSSR count). The molecule has 0 aromatic heterocycles. The maximum atomic E-state index is 11.3. The fraction of sp³-hybridized carbons (Fsp3) is 0.417. The average molecular weight is 224 g/mol. The summed E-state index contributed by atoms with van der Waals surface area (Å²) in [7, 11) is 3.74. The van der Waals surface area contributed by atoms with Crippen molar-refractivity contribution in [2.24, 2.45) is 0 Å². The summed E-state index contributed by atoms with van der Waals surface area (Å²) in [5, 5.41) is -0.115. The molecule has 1 aromatic rings. The van der Waals surface area contributed by atoms with E-state index >= 15 is 0 Å². The minimum atomic E-state index is -0.115. The molecule has 0 saturated carbocycles. The van der Waals surface area contributed by atoms with Crippen LogP contribution >= 0.6 is 12.6 Å². The Kier molecular flexibility index (Phi) is 3.58. The SMILES string of the molecule is Cc1ccc(C)c(C[N+](C)(C)C(=O)S)c1. The molecule has 0 spiro atoms. The standard InChI is InChI=1S/C12H17NOS/c1-9-5-6-10(2)11(7-9)8-13(3,4)12(14)15/h5-7H,8H2,1-4H3/p+1. The maximum Gasteiger partial charge on any atom is 0.371 e. The molecule has 0 bridgehead atoms. The Labute approximate surface area is 96.9 Å². The second kappa shape index (κ2) is 4.37. The molecule has 2 nitrogen and oxygen atoms in total. The molecule has 1 aromatic carbocycles. The summed E-state index contributed by atoms with van der Waals surface area (Å²) in [6.45, 7) is 4.82. The van der Waals surface area contributed by atoms with Crippen LogP contribution in [-0.4, -0.2) is 23.8 Å². The number of amides is 1. The minimum Gasteiger partial charge on any atom is -0.252 e. The molecule has 3 heteroatoms. The highest BCUT2D eigenvalue weighted by Gasteiger charge is 2.23. The molecule has 15 heavy (non-hydrogen) atoms. The zero-order valence-electron chi connectivity index (χ0n) is 9.74. The van der Waals surface area contributed by atoms with Gasteiger partial charge in [-0.2, -0.15) is 0 Å². The van der Waals surface area contributed by atoms with Gasteiger partial charge in [0, 0.05) is 5.56 Å². The number of rotatable bonds is 2. The third-order valence-corrected chi connectivity index (χ3v) is 3.13. The number of carbonyl (C=O) groups excluding carboxylic acids is 1. The lowest BCUT2D eigenvalue weighted by molar-refractivity contribution is -0.816. The predicted octanol–water partition coefficient (Wildman–Crippen LogP) is 2.93. The molecular formula is C12H18NOS+. The highest BCUT2D eigenvalue weighted by molar-refractivity contribution is 7.96. The van der Waals surface area contributed by atoms with Crippen molar-refractivity contribution in [3.05, 3.63) is 34.9 Å². The van der Waals surface area contributed by atoms with Crippen molar-refractivity contribution in [3.8, 4) is 0 Å². The zero-order valence-corrected chi connectivity index (χ0v) is 10.6. The Balaban J connectivity index is 2.99. The van der Waals surface area contributed by atoms with Crippen molar-refractivity contribution >= 4 is 17.9 Å². The van der Waals surface area contributed by atoms with Crippen LogP contribution in [0, 0.1) is 13.8 Å². The van der Waals surface area contributed by atoms with Crippen molar-refractivity contribution < 1.29 is 9.28 Å². The Morgan fingerprint density at radius 3 is 2.47 bits per heavy atom. The van der Waals surface area contributed by atoms with Crippen LogP contribution in [0.15, 0.2) is 18.2 Å². The second-order valence-electron chi connectivity index (χ2n) is 4.56. The molecule has 0 aliphatic rings. The van der Waals surface area contributed by atoms with Gasteiger partial charge in [0.1, 0.15) is 6.54 Å². The number of nitrogens with zero attached hydrogens (tertiary/aromatic N) is 1. The molecule has 0 N–H and O–H groups in total. The fourth-order valence-corrected chi connectivity index (χ4v) is 1.53. The van der Waals surface area contributed by atoms with E-state index in [0.29, 0.717) is 6.54 Å². The molecule has 0 fully saturated rings. The monoisotopic (exact) mass is 224 g/mol. The normalized spacial score (nSPS) is 11.5. The van der Waals surface area contributed by atoms with Gasteiger partial charge in [0.2, 0.25) is 0 Å². The van der Waals surface area contributed by atoms with Gasteiger partial charge in [0.05, 0.1) is 14.1 Å². The van der Waals surface area contributed by atoms with Crippen molar-refractivity contribution in [2.45, 2.75) is 20.4 Å². The number of hydrogen-bond donors (Lipinski definition) is 1. The molecule has 0 aliphatic heterocycles. The summed E-state index contributed by atoms with van der Waals surface area (Å²) in [5.74, 6) is 0. The van der Waals surface area contributed by atoms with Crippen molar-refractivity contribution in [1.29, 1.82) is 0 Å². The Hall–Kier alpha value is -0.800. The van der Waals surface area contributed by atoms with E-state index in [1.165, 1.54) is 16.7 Å². The molecule has 1 amide bonds. The lowest BCUT2D eigenvalue weighted by Crippen LogP contribution is -2.41. The summed E-state index contributed by atoms with van der Waals surface area (Å²) in [6, 6.07) is 6.31. The summed E-state index contributed by atoms with van der Waals surface area (Å²) in [6.07, 6.45) is 0. The van der Waals surface area contributed by atoms with Crippen LogP contribution < -0.4 is 0 Å². The van der Waals surface area contributed by atoms with Crippen molar-refractivity contribution in [2.75, 3.05) is 14.1 Å². The first-order valence-corrected chi connectivity index (χ1v) is 5.40. The number of aryl methyl sites for hydroxylation is 2. The smallest absolute Gasteiger partial charge is 0.252 e. The molecule has 0 unspecified atom stereocenters. The fourth-order valence-electron chi connectivity index (χ4n) is 1.46. The van der Waals surface area contributed by atoms with Crippen LogP contribution in [-0.2, 0) is 6.54 Å². The average Bonchev–Trinajstić information content (AvgIpc) is 2.10. The van der Waals surface area contributed by atoms with Gasteiger partial charge in [-0.3, -0.25) is 4.48 Å². The number of hydrogen-bond acceptors (Lipinski definition) is 1. The zero-order chi connectivity index (χ0) is 11.6. The Morgan fingerprint density at radius 1 is 1.33 bits per heavy atom. The quantitative estimate of drug-likeness (QED) is 0.604. The largest absolute Gasteiger partial charge is 0.371 e.